The van der Waals surface area contributed by atoms with Gasteiger partial charge in [0.2, 0.25) is 15.9 Å². The lowest BCUT2D eigenvalue weighted by atomic mass is 10.1. The number of nitrogens with zero attached hydrogens (tertiary/aromatic N) is 1. The molecule has 1 fully saturated rings. The number of methoxy groups -OCH3 is 1. The average molecular weight is 403 g/mol. The molecule has 1 heterocycles. The second kappa shape index (κ2) is 8.75. The Labute approximate surface area is 166 Å². The quantitative estimate of drug-likeness (QED) is 0.804. The lowest BCUT2D eigenvalue weighted by molar-refractivity contribution is -0.115. The van der Waals surface area contributed by atoms with Crippen LogP contribution in [0.4, 0.5) is 5.69 Å². The second-order valence-electron chi connectivity index (χ2n) is 6.98. The van der Waals surface area contributed by atoms with E-state index in [1.54, 1.807) is 6.07 Å². The summed E-state index contributed by atoms with van der Waals surface area (Å²) in [6.07, 6.45) is 3.00. The van der Waals surface area contributed by atoms with Crippen molar-refractivity contribution in [2.24, 2.45) is 0 Å². The molecule has 1 aliphatic rings. The normalized spacial score (nSPS) is 15.2. The third-order valence-corrected chi connectivity index (χ3v) is 6.90. The van der Waals surface area contributed by atoms with Crippen LogP contribution >= 0.6 is 0 Å². The Kier molecular flexibility index (Phi) is 6.36. The number of hydrogen-bond donors (Lipinski definition) is 1. The molecule has 0 atom stereocenters. The highest BCUT2D eigenvalue weighted by atomic mass is 32.2. The van der Waals surface area contributed by atoms with E-state index in [2.05, 4.69) is 5.32 Å². The first kappa shape index (κ1) is 20.4. The van der Waals surface area contributed by atoms with Crippen molar-refractivity contribution in [1.29, 1.82) is 0 Å². The molecule has 0 aliphatic carbocycles. The number of ether oxygens (including phenoxy) is 1. The van der Waals surface area contributed by atoms with Gasteiger partial charge in [-0.3, -0.25) is 4.79 Å². The van der Waals surface area contributed by atoms with Crippen LogP contribution in [0, 0.1) is 6.92 Å². The number of anilines is 1. The molecule has 28 heavy (non-hydrogen) atoms. The van der Waals surface area contributed by atoms with Crippen molar-refractivity contribution < 1.29 is 17.9 Å². The van der Waals surface area contributed by atoms with Gasteiger partial charge in [0.25, 0.3) is 0 Å². The highest BCUT2D eigenvalue weighted by molar-refractivity contribution is 7.89. The fourth-order valence-electron chi connectivity index (χ4n) is 3.38. The molecule has 7 heteroatoms. The maximum Gasteiger partial charge on any atom is 0.243 e. The van der Waals surface area contributed by atoms with Gasteiger partial charge in [-0.15, -0.1) is 0 Å². The molecule has 1 aliphatic heterocycles. The molecule has 1 amide bonds. The summed E-state index contributed by atoms with van der Waals surface area (Å²) in [5.74, 6) is 0.204. The summed E-state index contributed by atoms with van der Waals surface area (Å²) in [5.41, 5.74) is 2.32. The van der Waals surface area contributed by atoms with Crippen LogP contribution in [-0.2, 0) is 21.2 Å². The van der Waals surface area contributed by atoms with E-state index in [0.717, 1.165) is 30.4 Å². The first-order valence-corrected chi connectivity index (χ1v) is 10.9. The molecule has 2 aromatic rings. The van der Waals surface area contributed by atoms with Crippen LogP contribution in [0.2, 0.25) is 0 Å². The summed E-state index contributed by atoms with van der Waals surface area (Å²) in [6, 6.07) is 12.3. The lowest BCUT2D eigenvalue weighted by Crippen LogP contribution is -2.35. The van der Waals surface area contributed by atoms with Crippen LogP contribution in [0.1, 0.15) is 30.4 Å². The molecule has 0 bridgehead atoms. The van der Waals surface area contributed by atoms with Crippen molar-refractivity contribution >= 4 is 21.6 Å². The zero-order chi connectivity index (χ0) is 20.1. The van der Waals surface area contributed by atoms with Gasteiger partial charge in [0, 0.05) is 13.1 Å². The van der Waals surface area contributed by atoms with Crippen molar-refractivity contribution in [3.63, 3.8) is 0 Å². The topological polar surface area (TPSA) is 75.7 Å². The standard InChI is InChI=1S/C21H26N2O4S/c1-16-8-4-5-9-17(16)14-21(24)22-19-15-18(10-11-20(19)27-2)28(25,26)23-12-6-3-7-13-23/h4-5,8-11,15H,3,6-7,12-14H2,1-2H3,(H,22,24). The Balaban J connectivity index is 1.83. The number of hydrogen-bond acceptors (Lipinski definition) is 4. The van der Waals surface area contributed by atoms with E-state index >= 15 is 0 Å². The van der Waals surface area contributed by atoms with Gasteiger partial charge in [-0.25, -0.2) is 8.42 Å². The summed E-state index contributed by atoms with van der Waals surface area (Å²) in [4.78, 5) is 12.7. The van der Waals surface area contributed by atoms with E-state index in [4.69, 9.17) is 4.74 Å². The second-order valence-corrected chi connectivity index (χ2v) is 8.92. The average Bonchev–Trinajstić information content (AvgIpc) is 2.70. The van der Waals surface area contributed by atoms with E-state index in [0.29, 0.717) is 24.5 Å². The lowest BCUT2D eigenvalue weighted by Gasteiger charge is -2.26. The van der Waals surface area contributed by atoms with Crippen LogP contribution in [0.5, 0.6) is 5.75 Å². The molecule has 0 unspecified atom stereocenters. The Morgan fingerprint density at radius 1 is 1.11 bits per heavy atom. The zero-order valence-corrected chi connectivity index (χ0v) is 17.1. The number of carbonyl (C=O) groups is 1. The van der Waals surface area contributed by atoms with E-state index in [1.807, 2.05) is 31.2 Å². The number of carbonyl (C=O) groups excluding carboxylic acids is 1. The van der Waals surface area contributed by atoms with Crippen molar-refractivity contribution in [1.82, 2.24) is 4.31 Å². The first-order chi connectivity index (χ1) is 13.4. The molecule has 1 N–H and O–H groups in total. The molecule has 2 aromatic carbocycles. The summed E-state index contributed by atoms with van der Waals surface area (Å²) >= 11 is 0. The molecular weight excluding hydrogens is 376 g/mol. The van der Waals surface area contributed by atoms with Crippen molar-refractivity contribution in [3.8, 4) is 5.75 Å². The fourth-order valence-corrected chi connectivity index (χ4v) is 4.92. The smallest absolute Gasteiger partial charge is 0.243 e. The van der Waals surface area contributed by atoms with Crippen molar-refractivity contribution in [2.45, 2.75) is 37.5 Å². The van der Waals surface area contributed by atoms with Crippen molar-refractivity contribution in [3.05, 3.63) is 53.6 Å². The number of aryl methyl sites for hydroxylation is 1. The Morgan fingerprint density at radius 3 is 2.50 bits per heavy atom. The minimum Gasteiger partial charge on any atom is -0.495 e. The van der Waals surface area contributed by atoms with Gasteiger partial charge in [0.15, 0.2) is 0 Å². The summed E-state index contributed by atoms with van der Waals surface area (Å²) < 4.78 is 32.7. The third-order valence-electron chi connectivity index (χ3n) is 5.01. The molecule has 0 aromatic heterocycles. The number of nitrogens with one attached hydrogen (secondary N) is 1. The van der Waals surface area contributed by atoms with Crippen LogP contribution in [0.3, 0.4) is 0 Å². The van der Waals surface area contributed by atoms with Crippen LogP contribution < -0.4 is 10.1 Å². The van der Waals surface area contributed by atoms with Gasteiger partial charge in [0.05, 0.1) is 24.1 Å². The van der Waals surface area contributed by atoms with Gasteiger partial charge >= 0.3 is 0 Å². The molecule has 0 saturated carbocycles. The maximum absolute atomic E-state index is 12.9. The predicted octanol–water partition coefficient (Wildman–Crippen LogP) is 3.36. The number of rotatable bonds is 6. The number of amides is 1. The van der Waals surface area contributed by atoms with E-state index in [9.17, 15) is 13.2 Å². The fraction of sp³-hybridized carbons (Fsp3) is 0.381. The molecule has 3 rings (SSSR count). The van der Waals surface area contributed by atoms with Crippen molar-refractivity contribution in [2.75, 3.05) is 25.5 Å². The zero-order valence-electron chi connectivity index (χ0n) is 16.3. The van der Waals surface area contributed by atoms with E-state index < -0.39 is 10.0 Å². The minimum atomic E-state index is -3.58. The largest absolute Gasteiger partial charge is 0.495 e. The summed E-state index contributed by atoms with van der Waals surface area (Å²) in [7, 11) is -2.09. The first-order valence-electron chi connectivity index (χ1n) is 9.44. The van der Waals surface area contributed by atoms with Gasteiger partial charge in [0.1, 0.15) is 5.75 Å². The van der Waals surface area contributed by atoms with Gasteiger partial charge < -0.3 is 10.1 Å². The molecule has 150 valence electrons. The van der Waals surface area contributed by atoms with E-state index in [1.165, 1.54) is 23.5 Å². The number of benzene rings is 2. The van der Waals surface area contributed by atoms with Crippen LogP contribution in [-0.4, -0.2) is 38.8 Å². The Bertz CT molecular complexity index is 951. The predicted molar refractivity (Wildman–Crippen MR) is 109 cm³/mol. The van der Waals surface area contributed by atoms with Crippen LogP contribution in [0.25, 0.3) is 0 Å². The SMILES string of the molecule is COc1ccc(S(=O)(=O)N2CCCCC2)cc1NC(=O)Cc1ccccc1C. The Morgan fingerprint density at radius 2 is 1.82 bits per heavy atom. The Hall–Kier alpha value is -2.38. The van der Waals surface area contributed by atoms with E-state index in [-0.39, 0.29) is 17.2 Å². The molecule has 1 saturated heterocycles. The van der Waals surface area contributed by atoms with Gasteiger partial charge in [-0.1, -0.05) is 30.7 Å². The van der Waals surface area contributed by atoms with Gasteiger partial charge in [-0.05, 0) is 49.1 Å². The number of sulfonamides is 1. The third kappa shape index (κ3) is 4.54. The maximum atomic E-state index is 12.9. The van der Waals surface area contributed by atoms with Crippen LogP contribution in [0.15, 0.2) is 47.4 Å². The minimum absolute atomic E-state index is 0.168. The monoisotopic (exact) mass is 402 g/mol. The molecular formula is C21H26N2O4S. The number of piperidine rings is 1. The summed E-state index contributed by atoms with van der Waals surface area (Å²) in [5, 5.41) is 2.81. The van der Waals surface area contributed by atoms with Gasteiger partial charge in [-0.2, -0.15) is 4.31 Å². The molecule has 0 spiro atoms. The highest BCUT2D eigenvalue weighted by Crippen LogP contribution is 2.30. The molecule has 0 radical (unpaired) electrons. The highest BCUT2D eigenvalue weighted by Gasteiger charge is 2.27. The summed E-state index contributed by atoms with van der Waals surface area (Å²) in [6.45, 7) is 3.02. The molecule has 6 nitrogen and oxygen atoms in total.